The van der Waals surface area contributed by atoms with Crippen LogP contribution in [0.5, 0.6) is 0 Å². The highest BCUT2D eigenvalue weighted by molar-refractivity contribution is 7.13. The molecule has 0 radical (unpaired) electrons. The summed E-state index contributed by atoms with van der Waals surface area (Å²) in [5.41, 5.74) is 1.98. The third-order valence-corrected chi connectivity index (χ3v) is 5.68. The van der Waals surface area contributed by atoms with Crippen molar-refractivity contribution in [2.24, 2.45) is 0 Å². The molecule has 3 aromatic rings. The largest absolute Gasteiger partial charge is 0.331 e. The van der Waals surface area contributed by atoms with E-state index < -0.39 is 5.56 Å². The molecule has 0 N–H and O–H groups in total. The van der Waals surface area contributed by atoms with Gasteiger partial charge in [0.2, 0.25) is 0 Å². The molecule has 0 atom stereocenters. The first-order valence-electron chi connectivity index (χ1n) is 8.90. The maximum atomic E-state index is 12.7. The zero-order chi connectivity index (χ0) is 19.0. The van der Waals surface area contributed by atoms with Crippen molar-refractivity contribution in [3.05, 3.63) is 73.5 Å². The zero-order valence-electron chi connectivity index (χ0n) is 14.9. The van der Waals surface area contributed by atoms with Crippen LogP contribution in [0.3, 0.4) is 0 Å². The van der Waals surface area contributed by atoms with Crippen molar-refractivity contribution >= 4 is 11.3 Å². The fourth-order valence-electron chi connectivity index (χ4n) is 3.01. The quantitative estimate of drug-likeness (QED) is 0.684. The van der Waals surface area contributed by atoms with Crippen LogP contribution in [0.1, 0.15) is 42.6 Å². The second-order valence-electron chi connectivity index (χ2n) is 6.66. The van der Waals surface area contributed by atoms with E-state index in [-0.39, 0.29) is 23.8 Å². The molecule has 1 aliphatic carbocycles. The van der Waals surface area contributed by atoms with Crippen molar-refractivity contribution in [3.63, 3.8) is 0 Å². The number of hydrogen-bond donors (Lipinski definition) is 0. The monoisotopic (exact) mass is 378 g/mol. The van der Waals surface area contributed by atoms with Crippen molar-refractivity contribution in [2.75, 3.05) is 0 Å². The Bertz CT molecular complexity index is 1140. The molecule has 6 nitrogen and oxygen atoms in total. The van der Waals surface area contributed by atoms with E-state index in [0.29, 0.717) is 5.69 Å². The van der Waals surface area contributed by atoms with E-state index in [4.69, 9.17) is 0 Å². The van der Waals surface area contributed by atoms with E-state index in [2.05, 4.69) is 24.0 Å². The lowest BCUT2D eigenvalue weighted by Crippen LogP contribution is -2.41. The van der Waals surface area contributed by atoms with E-state index in [1.807, 2.05) is 23.6 Å². The van der Waals surface area contributed by atoms with Crippen LogP contribution in [-0.2, 0) is 13.0 Å². The summed E-state index contributed by atoms with van der Waals surface area (Å²) >= 11 is 1.48. The van der Waals surface area contributed by atoms with Gasteiger partial charge in [-0.25, -0.2) is 9.78 Å². The molecule has 136 valence electrons. The first kappa shape index (κ1) is 17.4. The number of thiazole rings is 1. The lowest BCUT2D eigenvalue weighted by Gasteiger charge is -2.09. The second-order valence-corrected chi connectivity index (χ2v) is 7.52. The van der Waals surface area contributed by atoms with E-state index >= 15 is 0 Å². The number of nitrogens with zero attached hydrogens (tertiary/aromatic N) is 4. The Kier molecular flexibility index (Phi) is 4.50. The van der Waals surface area contributed by atoms with Gasteiger partial charge >= 0.3 is 5.69 Å². The summed E-state index contributed by atoms with van der Waals surface area (Å²) < 4.78 is 2.63. The number of aryl methyl sites for hydroxylation is 1. The lowest BCUT2D eigenvalue weighted by atomic mass is 10.1. The Morgan fingerprint density at radius 2 is 2.00 bits per heavy atom. The molecule has 0 bridgehead atoms. The molecular formula is C20H18N4O2S. The summed E-state index contributed by atoms with van der Waals surface area (Å²) in [5, 5.41) is 11.9. The first-order valence-corrected chi connectivity index (χ1v) is 9.78. The van der Waals surface area contributed by atoms with Gasteiger partial charge in [0.15, 0.2) is 0 Å². The van der Waals surface area contributed by atoms with Gasteiger partial charge in [0, 0.05) is 23.2 Å². The maximum Gasteiger partial charge on any atom is 0.331 e. The molecule has 1 aromatic carbocycles. The number of rotatable bonds is 5. The third kappa shape index (κ3) is 3.36. The Hall–Kier alpha value is -2.98. The Morgan fingerprint density at radius 1 is 1.26 bits per heavy atom. The van der Waals surface area contributed by atoms with Crippen molar-refractivity contribution in [2.45, 2.75) is 38.8 Å². The molecule has 1 fully saturated rings. The molecule has 0 aliphatic heterocycles. The van der Waals surface area contributed by atoms with Crippen LogP contribution in [0.25, 0.3) is 10.6 Å². The Labute approximate surface area is 160 Å². The Balaban J connectivity index is 1.68. The van der Waals surface area contributed by atoms with Gasteiger partial charge in [-0.2, -0.15) is 5.26 Å². The molecule has 0 amide bonds. The smallest absolute Gasteiger partial charge is 0.296 e. The average molecular weight is 378 g/mol. The van der Waals surface area contributed by atoms with Gasteiger partial charge in [-0.1, -0.05) is 31.2 Å². The van der Waals surface area contributed by atoms with Crippen molar-refractivity contribution in [3.8, 4) is 16.6 Å². The number of hydrogen-bond acceptors (Lipinski definition) is 5. The number of nitriles is 1. The van der Waals surface area contributed by atoms with Crippen LogP contribution < -0.4 is 11.2 Å². The van der Waals surface area contributed by atoms with Crippen LogP contribution in [-0.4, -0.2) is 14.1 Å². The molecule has 2 aromatic heterocycles. The number of benzene rings is 1. The molecule has 0 spiro atoms. The van der Waals surface area contributed by atoms with E-state index in [1.165, 1.54) is 27.7 Å². The van der Waals surface area contributed by atoms with Crippen molar-refractivity contribution in [1.82, 2.24) is 14.1 Å². The highest BCUT2D eigenvalue weighted by atomic mass is 32.1. The molecule has 0 unspecified atom stereocenters. The second kappa shape index (κ2) is 6.97. The zero-order valence-corrected chi connectivity index (χ0v) is 15.7. The molecule has 1 aliphatic rings. The summed E-state index contributed by atoms with van der Waals surface area (Å²) in [6.45, 7) is 2.18. The minimum Gasteiger partial charge on any atom is -0.296 e. The molecule has 2 heterocycles. The highest BCUT2D eigenvalue weighted by Gasteiger charge is 2.27. The predicted molar refractivity (Wildman–Crippen MR) is 104 cm³/mol. The molecule has 4 rings (SSSR count). The van der Waals surface area contributed by atoms with Crippen molar-refractivity contribution < 1.29 is 0 Å². The number of aromatic nitrogens is 3. The maximum absolute atomic E-state index is 12.7. The standard InChI is InChI=1S/C20H18N4O2S/c1-2-13-3-5-14(6-4-13)18-22-16(12-27-18)11-24-19(25)15(9-21)10-23(20(24)26)17-7-8-17/h3-6,10,12,17H,2,7-8,11H2,1H3. The SMILES string of the molecule is CCc1ccc(-c2nc(Cn3c(=O)c(C#N)cn(C4CC4)c3=O)cs2)cc1. The summed E-state index contributed by atoms with van der Waals surface area (Å²) in [4.78, 5) is 29.7. The van der Waals surface area contributed by atoms with Crippen LogP contribution in [0.4, 0.5) is 0 Å². The van der Waals surface area contributed by atoms with Gasteiger partial charge in [-0.3, -0.25) is 13.9 Å². The Morgan fingerprint density at radius 3 is 2.63 bits per heavy atom. The van der Waals surface area contributed by atoms with Gasteiger partial charge in [-0.15, -0.1) is 11.3 Å². The van der Waals surface area contributed by atoms with Crippen molar-refractivity contribution in [1.29, 1.82) is 5.26 Å². The molecule has 1 saturated carbocycles. The third-order valence-electron chi connectivity index (χ3n) is 4.74. The minimum atomic E-state index is -0.554. The first-order chi connectivity index (χ1) is 13.1. The lowest BCUT2D eigenvalue weighted by molar-refractivity contribution is 0.584. The van der Waals surface area contributed by atoms with Gasteiger partial charge < -0.3 is 0 Å². The fourth-order valence-corrected chi connectivity index (χ4v) is 3.83. The molecular weight excluding hydrogens is 360 g/mol. The normalized spacial score (nSPS) is 13.5. The van der Waals surface area contributed by atoms with Crippen LogP contribution in [0.15, 0.2) is 45.4 Å². The van der Waals surface area contributed by atoms with Crippen LogP contribution >= 0.6 is 11.3 Å². The van der Waals surface area contributed by atoms with Gasteiger partial charge in [-0.05, 0) is 24.8 Å². The van der Waals surface area contributed by atoms with Crippen LogP contribution in [0, 0.1) is 11.3 Å². The topological polar surface area (TPSA) is 80.7 Å². The van der Waals surface area contributed by atoms with E-state index in [1.54, 1.807) is 0 Å². The summed E-state index contributed by atoms with van der Waals surface area (Å²) in [7, 11) is 0. The summed E-state index contributed by atoms with van der Waals surface area (Å²) in [6.07, 6.45) is 4.17. The van der Waals surface area contributed by atoms with Gasteiger partial charge in [0.05, 0.1) is 12.2 Å². The molecule has 7 heteroatoms. The molecule has 0 saturated heterocycles. The summed E-state index contributed by atoms with van der Waals surface area (Å²) in [6, 6.07) is 10.2. The summed E-state index contributed by atoms with van der Waals surface area (Å²) in [5.74, 6) is 0. The fraction of sp³-hybridized carbons (Fsp3) is 0.300. The van der Waals surface area contributed by atoms with Gasteiger partial charge in [0.1, 0.15) is 16.6 Å². The average Bonchev–Trinajstić information content (AvgIpc) is 3.43. The minimum absolute atomic E-state index is 0.00731. The predicted octanol–water partition coefficient (Wildman–Crippen LogP) is 2.95. The van der Waals surface area contributed by atoms with Crippen LogP contribution in [0.2, 0.25) is 0 Å². The van der Waals surface area contributed by atoms with Gasteiger partial charge in [0.25, 0.3) is 5.56 Å². The van der Waals surface area contributed by atoms with E-state index in [9.17, 15) is 14.9 Å². The highest BCUT2D eigenvalue weighted by Crippen LogP contribution is 2.33. The van der Waals surface area contributed by atoms with E-state index in [0.717, 1.165) is 34.4 Å². The molecule has 27 heavy (non-hydrogen) atoms.